The van der Waals surface area contributed by atoms with E-state index in [-0.39, 0.29) is 5.91 Å². The van der Waals surface area contributed by atoms with Crippen molar-refractivity contribution in [1.82, 2.24) is 14.7 Å². The maximum Gasteiger partial charge on any atom is 0.254 e. The van der Waals surface area contributed by atoms with Crippen molar-refractivity contribution >= 4 is 5.91 Å². The summed E-state index contributed by atoms with van der Waals surface area (Å²) in [5, 5.41) is 4.69. The molecule has 0 bridgehead atoms. The van der Waals surface area contributed by atoms with E-state index in [2.05, 4.69) is 5.10 Å². The Morgan fingerprint density at radius 2 is 2.12 bits per heavy atom. The molecule has 0 saturated heterocycles. The van der Waals surface area contributed by atoms with Gasteiger partial charge >= 0.3 is 0 Å². The Hall–Kier alpha value is -2.82. The lowest BCUT2D eigenvalue weighted by molar-refractivity contribution is 0.0714. The van der Waals surface area contributed by atoms with E-state index >= 15 is 0 Å². The van der Waals surface area contributed by atoms with Gasteiger partial charge in [0.15, 0.2) is 0 Å². The average molecular weight is 349 g/mol. The quantitative estimate of drug-likeness (QED) is 0.706. The van der Waals surface area contributed by atoms with Gasteiger partial charge in [-0.15, -0.1) is 0 Å². The molecule has 0 N–H and O–H groups in total. The number of nitrogens with zero attached hydrogens (tertiary/aromatic N) is 3. The monoisotopic (exact) mass is 349 g/mol. The summed E-state index contributed by atoms with van der Waals surface area (Å²) in [7, 11) is 1.99. The van der Waals surface area contributed by atoms with E-state index in [4.69, 9.17) is 4.42 Å². The number of hydrogen-bond acceptors (Lipinski definition) is 3. The molecule has 1 aliphatic carbocycles. The van der Waals surface area contributed by atoms with Crippen LogP contribution in [0.5, 0.6) is 0 Å². The predicted molar refractivity (Wildman–Crippen MR) is 98.7 cm³/mol. The Bertz CT molecular complexity index is 925. The Kier molecular flexibility index (Phi) is 4.37. The SMILES string of the molecule is Cc1cccc(C(=O)N(Cc2ccco2)Cc2nn(C)c3c2CCC3)c1. The van der Waals surface area contributed by atoms with Crippen molar-refractivity contribution in [2.24, 2.45) is 7.05 Å². The fraction of sp³-hybridized carbons (Fsp3) is 0.333. The number of furan rings is 1. The summed E-state index contributed by atoms with van der Waals surface area (Å²) >= 11 is 0. The van der Waals surface area contributed by atoms with Crippen molar-refractivity contribution in [2.75, 3.05) is 0 Å². The number of fused-ring (bicyclic) bond motifs is 1. The molecule has 0 unspecified atom stereocenters. The van der Waals surface area contributed by atoms with Gasteiger partial charge in [-0.3, -0.25) is 9.48 Å². The summed E-state index contributed by atoms with van der Waals surface area (Å²) in [6.07, 6.45) is 4.93. The number of carbonyl (C=O) groups is 1. The van der Waals surface area contributed by atoms with E-state index in [0.29, 0.717) is 18.7 Å². The molecule has 0 saturated carbocycles. The van der Waals surface area contributed by atoms with Crippen molar-refractivity contribution in [3.05, 3.63) is 76.5 Å². The Morgan fingerprint density at radius 3 is 2.88 bits per heavy atom. The van der Waals surface area contributed by atoms with Gasteiger partial charge in [0.2, 0.25) is 0 Å². The van der Waals surface area contributed by atoms with Gasteiger partial charge in [0.05, 0.1) is 25.0 Å². The molecule has 5 heteroatoms. The van der Waals surface area contributed by atoms with E-state index in [9.17, 15) is 4.79 Å². The van der Waals surface area contributed by atoms with Gasteiger partial charge in [-0.25, -0.2) is 0 Å². The van der Waals surface area contributed by atoms with Crippen LogP contribution in [0.3, 0.4) is 0 Å². The van der Waals surface area contributed by atoms with Crippen LogP contribution in [0, 0.1) is 6.92 Å². The highest BCUT2D eigenvalue weighted by atomic mass is 16.3. The summed E-state index contributed by atoms with van der Waals surface area (Å²) in [6, 6.07) is 11.5. The summed E-state index contributed by atoms with van der Waals surface area (Å²) in [5.74, 6) is 0.779. The normalized spacial score (nSPS) is 13.0. The maximum absolute atomic E-state index is 13.2. The summed E-state index contributed by atoms with van der Waals surface area (Å²) in [4.78, 5) is 15.0. The first-order chi connectivity index (χ1) is 12.6. The van der Waals surface area contributed by atoms with Crippen molar-refractivity contribution in [2.45, 2.75) is 39.3 Å². The molecular weight excluding hydrogens is 326 g/mol. The van der Waals surface area contributed by atoms with Crippen LogP contribution < -0.4 is 0 Å². The van der Waals surface area contributed by atoms with E-state index in [1.165, 1.54) is 11.3 Å². The fourth-order valence-electron chi connectivity index (χ4n) is 3.76. The Balaban J connectivity index is 1.65. The van der Waals surface area contributed by atoms with Crippen LogP contribution in [-0.2, 0) is 33.0 Å². The summed E-state index contributed by atoms with van der Waals surface area (Å²) in [5.41, 5.74) is 5.40. The minimum Gasteiger partial charge on any atom is -0.467 e. The molecule has 1 amide bonds. The number of rotatable bonds is 5. The molecule has 0 atom stereocenters. The van der Waals surface area contributed by atoms with Crippen LogP contribution in [0.15, 0.2) is 47.1 Å². The summed E-state index contributed by atoms with van der Waals surface area (Å²) < 4.78 is 7.46. The van der Waals surface area contributed by atoms with Crippen molar-refractivity contribution < 1.29 is 9.21 Å². The van der Waals surface area contributed by atoms with Crippen LogP contribution in [0.25, 0.3) is 0 Å². The predicted octanol–water partition coefficient (Wildman–Crippen LogP) is 3.65. The molecule has 0 radical (unpaired) electrons. The van der Waals surface area contributed by atoms with E-state index < -0.39 is 0 Å². The number of aryl methyl sites for hydroxylation is 2. The molecule has 0 aliphatic heterocycles. The average Bonchev–Trinajstić information content (AvgIpc) is 3.35. The summed E-state index contributed by atoms with van der Waals surface area (Å²) in [6.45, 7) is 2.93. The molecule has 1 aliphatic rings. The van der Waals surface area contributed by atoms with Crippen LogP contribution in [0.1, 0.15) is 45.1 Å². The first-order valence-electron chi connectivity index (χ1n) is 9.04. The van der Waals surface area contributed by atoms with Crippen LogP contribution >= 0.6 is 0 Å². The highest BCUT2D eigenvalue weighted by molar-refractivity contribution is 5.94. The van der Waals surface area contributed by atoms with Gasteiger partial charge < -0.3 is 9.32 Å². The molecule has 3 aromatic rings. The molecule has 0 fully saturated rings. The molecule has 5 nitrogen and oxygen atoms in total. The zero-order valence-corrected chi connectivity index (χ0v) is 15.2. The Labute approximate surface area is 153 Å². The minimum atomic E-state index is 0.00231. The lowest BCUT2D eigenvalue weighted by Crippen LogP contribution is -2.30. The number of benzene rings is 1. The molecule has 26 heavy (non-hydrogen) atoms. The van der Waals surface area contributed by atoms with Gasteiger partial charge in [-0.1, -0.05) is 17.7 Å². The standard InChI is InChI=1S/C21H23N3O2/c1-15-6-3-7-16(12-15)21(25)24(13-17-8-5-11-26-17)14-19-18-9-4-10-20(18)23(2)22-19/h3,5-8,11-12H,4,9-10,13-14H2,1-2H3. The van der Waals surface area contributed by atoms with Crippen LogP contribution in [-0.4, -0.2) is 20.6 Å². The maximum atomic E-state index is 13.2. The molecular formula is C21H23N3O2. The minimum absolute atomic E-state index is 0.00231. The van der Waals surface area contributed by atoms with Gasteiger partial charge in [0.25, 0.3) is 5.91 Å². The molecule has 4 rings (SSSR count). The fourth-order valence-corrected chi connectivity index (χ4v) is 3.76. The first kappa shape index (κ1) is 16.6. The van der Waals surface area contributed by atoms with Gasteiger partial charge in [0.1, 0.15) is 5.76 Å². The van der Waals surface area contributed by atoms with Crippen molar-refractivity contribution in [1.29, 1.82) is 0 Å². The van der Waals surface area contributed by atoms with Crippen molar-refractivity contribution in [3.63, 3.8) is 0 Å². The zero-order chi connectivity index (χ0) is 18.1. The van der Waals surface area contributed by atoms with Gasteiger partial charge in [-0.05, 0) is 56.0 Å². The van der Waals surface area contributed by atoms with E-state index in [1.807, 2.05) is 60.0 Å². The third-order valence-electron chi connectivity index (χ3n) is 5.02. The molecule has 134 valence electrons. The van der Waals surface area contributed by atoms with Gasteiger partial charge in [-0.2, -0.15) is 5.10 Å². The van der Waals surface area contributed by atoms with Crippen LogP contribution in [0.2, 0.25) is 0 Å². The van der Waals surface area contributed by atoms with Crippen LogP contribution in [0.4, 0.5) is 0 Å². The number of amides is 1. The molecule has 2 heterocycles. The van der Waals surface area contributed by atoms with Crippen molar-refractivity contribution in [3.8, 4) is 0 Å². The Morgan fingerprint density at radius 1 is 1.23 bits per heavy atom. The second-order valence-electron chi connectivity index (χ2n) is 6.96. The van der Waals surface area contributed by atoms with E-state index in [1.54, 1.807) is 6.26 Å². The highest BCUT2D eigenvalue weighted by Crippen LogP contribution is 2.26. The molecule has 0 spiro atoms. The smallest absolute Gasteiger partial charge is 0.254 e. The third-order valence-corrected chi connectivity index (χ3v) is 5.02. The second-order valence-corrected chi connectivity index (χ2v) is 6.96. The third kappa shape index (κ3) is 3.17. The molecule has 2 aromatic heterocycles. The lowest BCUT2D eigenvalue weighted by Gasteiger charge is -2.21. The highest BCUT2D eigenvalue weighted by Gasteiger charge is 2.25. The molecule has 1 aromatic carbocycles. The topological polar surface area (TPSA) is 51.3 Å². The second kappa shape index (κ2) is 6.83. The lowest BCUT2D eigenvalue weighted by atomic mass is 10.1. The number of aromatic nitrogens is 2. The number of hydrogen-bond donors (Lipinski definition) is 0. The van der Waals surface area contributed by atoms with Gasteiger partial charge in [0, 0.05) is 18.3 Å². The largest absolute Gasteiger partial charge is 0.467 e. The first-order valence-corrected chi connectivity index (χ1v) is 9.04. The zero-order valence-electron chi connectivity index (χ0n) is 15.2. The number of carbonyl (C=O) groups excluding carboxylic acids is 1. The van der Waals surface area contributed by atoms with E-state index in [0.717, 1.165) is 36.3 Å².